The van der Waals surface area contributed by atoms with Crippen LogP contribution in [-0.4, -0.2) is 17.0 Å². The summed E-state index contributed by atoms with van der Waals surface area (Å²) < 4.78 is 12.7. The Labute approximate surface area is 77.2 Å². The van der Waals surface area contributed by atoms with Gasteiger partial charge in [0.15, 0.2) is 0 Å². The first-order valence-corrected chi connectivity index (χ1v) is 4.63. The van der Waals surface area contributed by atoms with Crippen LogP contribution in [0, 0.1) is 5.82 Å². The molecule has 2 unspecified atom stereocenters. The van der Waals surface area contributed by atoms with Gasteiger partial charge in [-0.3, -0.25) is 4.90 Å². The molecule has 0 aromatic heterocycles. The van der Waals surface area contributed by atoms with Crippen LogP contribution in [0.1, 0.15) is 19.4 Å². The molecule has 0 amide bonds. The van der Waals surface area contributed by atoms with Crippen molar-refractivity contribution in [1.82, 2.24) is 4.90 Å². The summed E-state index contributed by atoms with van der Waals surface area (Å²) in [4.78, 5) is 2.42. The molecule has 3 rings (SSSR count). The lowest BCUT2D eigenvalue weighted by molar-refractivity contribution is 0.484. The van der Waals surface area contributed by atoms with Gasteiger partial charge in [-0.15, -0.1) is 0 Å². The Hall–Kier alpha value is -0.890. The molecule has 0 saturated carbocycles. The average Bonchev–Trinajstić information content (AvgIpc) is 2.92. The van der Waals surface area contributed by atoms with E-state index in [2.05, 4.69) is 18.7 Å². The Bertz CT molecular complexity index is 368. The Balaban J connectivity index is 2.00. The summed E-state index contributed by atoms with van der Waals surface area (Å²) in [6.45, 7) is 5.62. The summed E-state index contributed by atoms with van der Waals surface area (Å²) in [7, 11) is 0. The summed E-state index contributed by atoms with van der Waals surface area (Å²) in [6, 6.07) is 6.91. The maximum Gasteiger partial charge on any atom is 0.123 e. The number of benzene rings is 1. The van der Waals surface area contributed by atoms with Gasteiger partial charge in [-0.2, -0.15) is 0 Å². The lowest BCUT2D eigenvalue weighted by Crippen LogP contribution is -2.23. The lowest BCUT2D eigenvalue weighted by Gasteiger charge is -2.13. The van der Waals surface area contributed by atoms with Crippen LogP contribution in [0.15, 0.2) is 24.3 Å². The second-order valence-electron chi connectivity index (χ2n) is 4.51. The molecule has 2 aliphatic rings. The van der Waals surface area contributed by atoms with Crippen LogP contribution >= 0.6 is 0 Å². The van der Waals surface area contributed by atoms with Crippen molar-refractivity contribution in [3.63, 3.8) is 0 Å². The Morgan fingerprint density at radius 2 is 1.77 bits per heavy atom. The van der Waals surface area contributed by atoms with Crippen LogP contribution < -0.4 is 0 Å². The SMILES string of the molecule is CC1(C)N2CC21c1ccc(F)cc1. The number of hydrogen-bond acceptors (Lipinski definition) is 1. The van der Waals surface area contributed by atoms with E-state index in [0.29, 0.717) is 5.54 Å². The van der Waals surface area contributed by atoms with Gasteiger partial charge in [0.05, 0.1) is 5.54 Å². The van der Waals surface area contributed by atoms with Gasteiger partial charge < -0.3 is 0 Å². The molecule has 1 aromatic rings. The second-order valence-corrected chi connectivity index (χ2v) is 4.51. The van der Waals surface area contributed by atoms with Crippen molar-refractivity contribution < 1.29 is 4.39 Å². The first-order chi connectivity index (χ1) is 6.09. The first kappa shape index (κ1) is 7.51. The first-order valence-electron chi connectivity index (χ1n) is 4.63. The topological polar surface area (TPSA) is 3.01 Å². The van der Waals surface area contributed by atoms with Crippen molar-refractivity contribution in [2.75, 3.05) is 6.54 Å². The van der Waals surface area contributed by atoms with Crippen LogP contribution in [0.2, 0.25) is 0 Å². The van der Waals surface area contributed by atoms with Gasteiger partial charge in [-0.05, 0) is 31.5 Å². The van der Waals surface area contributed by atoms with E-state index in [0.717, 1.165) is 6.54 Å². The lowest BCUT2D eigenvalue weighted by atomic mass is 9.89. The molecule has 2 fully saturated rings. The van der Waals surface area contributed by atoms with Crippen molar-refractivity contribution in [2.24, 2.45) is 0 Å². The van der Waals surface area contributed by atoms with Crippen LogP contribution in [0.3, 0.4) is 0 Å². The van der Waals surface area contributed by atoms with Crippen molar-refractivity contribution >= 4 is 0 Å². The molecule has 1 nitrogen and oxygen atoms in total. The van der Waals surface area contributed by atoms with E-state index in [9.17, 15) is 4.39 Å². The van der Waals surface area contributed by atoms with Gasteiger partial charge in [-0.1, -0.05) is 12.1 Å². The zero-order valence-corrected chi connectivity index (χ0v) is 7.84. The molecule has 0 aliphatic carbocycles. The average molecular weight is 177 g/mol. The van der Waals surface area contributed by atoms with E-state index in [1.165, 1.54) is 5.56 Å². The van der Waals surface area contributed by atoms with Gasteiger partial charge in [0, 0.05) is 12.1 Å². The smallest absolute Gasteiger partial charge is 0.123 e. The summed E-state index contributed by atoms with van der Waals surface area (Å²) >= 11 is 0. The normalized spacial score (nSPS) is 38.2. The van der Waals surface area contributed by atoms with Gasteiger partial charge in [-0.25, -0.2) is 4.39 Å². The highest BCUT2D eigenvalue weighted by Crippen LogP contribution is 2.71. The Morgan fingerprint density at radius 1 is 1.23 bits per heavy atom. The summed E-state index contributed by atoms with van der Waals surface area (Å²) in [5.41, 5.74) is 1.84. The minimum absolute atomic E-state index is 0.147. The molecule has 1 aromatic carbocycles. The standard InChI is InChI=1S/C11H12FN/c1-10(2)11(7-13(10)11)8-3-5-9(12)6-4-8/h3-6H,7H2,1-2H3. The highest BCUT2D eigenvalue weighted by atomic mass is 19.1. The fourth-order valence-electron chi connectivity index (χ4n) is 2.56. The molecule has 2 saturated heterocycles. The molecule has 2 aliphatic heterocycles. The number of nitrogens with zero attached hydrogens (tertiary/aromatic N) is 1. The monoisotopic (exact) mass is 177 g/mol. The fraction of sp³-hybridized carbons (Fsp3) is 0.455. The highest BCUT2D eigenvalue weighted by Gasteiger charge is 2.83. The summed E-state index contributed by atoms with van der Waals surface area (Å²) in [5, 5.41) is 0. The maximum atomic E-state index is 12.7. The fourth-order valence-corrected chi connectivity index (χ4v) is 2.56. The summed E-state index contributed by atoms with van der Waals surface area (Å²) in [6.07, 6.45) is 0. The molecule has 0 bridgehead atoms. The minimum Gasteiger partial charge on any atom is -0.281 e. The van der Waals surface area contributed by atoms with Crippen molar-refractivity contribution in [3.8, 4) is 0 Å². The molecular formula is C11H12FN. The van der Waals surface area contributed by atoms with E-state index < -0.39 is 0 Å². The minimum atomic E-state index is -0.147. The second kappa shape index (κ2) is 1.80. The maximum absolute atomic E-state index is 12.7. The highest BCUT2D eigenvalue weighted by molar-refractivity contribution is 5.49. The Morgan fingerprint density at radius 3 is 2.15 bits per heavy atom. The number of rotatable bonds is 1. The molecule has 0 spiro atoms. The number of halogens is 1. The van der Waals surface area contributed by atoms with Gasteiger partial charge in [0.25, 0.3) is 0 Å². The van der Waals surface area contributed by atoms with Crippen molar-refractivity contribution in [2.45, 2.75) is 24.9 Å². The van der Waals surface area contributed by atoms with Crippen LogP contribution in [0.5, 0.6) is 0 Å². The van der Waals surface area contributed by atoms with E-state index in [1.54, 1.807) is 12.1 Å². The third-order valence-electron chi connectivity index (χ3n) is 3.70. The largest absolute Gasteiger partial charge is 0.281 e. The van der Waals surface area contributed by atoms with E-state index >= 15 is 0 Å². The van der Waals surface area contributed by atoms with Crippen LogP contribution in [0.25, 0.3) is 0 Å². The molecule has 68 valence electrons. The predicted octanol–water partition coefficient (Wildman–Crippen LogP) is 2.13. The van der Waals surface area contributed by atoms with Gasteiger partial charge in [0.1, 0.15) is 5.82 Å². The Kier molecular flexibility index (Phi) is 1.04. The van der Waals surface area contributed by atoms with Crippen LogP contribution in [0.4, 0.5) is 4.39 Å². The zero-order valence-electron chi connectivity index (χ0n) is 7.84. The van der Waals surface area contributed by atoms with E-state index in [-0.39, 0.29) is 11.4 Å². The molecule has 0 radical (unpaired) electrons. The third kappa shape index (κ3) is 0.670. The molecular weight excluding hydrogens is 165 g/mol. The third-order valence-corrected chi connectivity index (χ3v) is 3.70. The van der Waals surface area contributed by atoms with Crippen molar-refractivity contribution in [3.05, 3.63) is 35.6 Å². The molecule has 2 heterocycles. The van der Waals surface area contributed by atoms with E-state index in [1.807, 2.05) is 12.1 Å². The molecule has 0 N–H and O–H groups in total. The number of hydrogen-bond donors (Lipinski definition) is 0. The van der Waals surface area contributed by atoms with Crippen LogP contribution in [-0.2, 0) is 5.54 Å². The predicted molar refractivity (Wildman–Crippen MR) is 48.9 cm³/mol. The van der Waals surface area contributed by atoms with Gasteiger partial charge in [0.2, 0.25) is 0 Å². The summed E-state index contributed by atoms with van der Waals surface area (Å²) in [5.74, 6) is -0.147. The molecule has 2 atom stereocenters. The molecule has 2 heteroatoms. The van der Waals surface area contributed by atoms with Gasteiger partial charge >= 0.3 is 0 Å². The van der Waals surface area contributed by atoms with Crippen molar-refractivity contribution in [1.29, 1.82) is 0 Å². The quantitative estimate of drug-likeness (QED) is 0.594. The van der Waals surface area contributed by atoms with E-state index in [4.69, 9.17) is 0 Å². The number of fused-ring (bicyclic) bond motifs is 1. The zero-order chi connectivity index (χ0) is 9.27. The molecule has 13 heavy (non-hydrogen) atoms.